The second kappa shape index (κ2) is 5.24. The van der Waals surface area contributed by atoms with Crippen LogP contribution in [0.2, 0.25) is 0 Å². The van der Waals surface area contributed by atoms with E-state index in [1.54, 1.807) is 13.0 Å². The van der Waals surface area contributed by atoms with Crippen LogP contribution in [0.5, 0.6) is 0 Å². The molecule has 3 N–H and O–H groups in total. The van der Waals surface area contributed by atoms with E-state index in [0.29, 0.717) is 22.5 Å². The Bertz CT molecular complexity index is 475. The van der Waals surface area contributed by atoms with Gasteiger partial charge in [0.05, 0.1) is 4.92 Å². The maximum Gasteiger partial charge on any atom is 0.273 e. The van der Waals surface area contributed by atoms with Crippen LogP contribution < -0.4 is 11.1 Å². The zero-order valence-corrected chi connectivity index (χ0v) is 11.7. The molecule has 1 aliphatic rings. The van der Waals surface area contributed by atoms with Crippen LogP contribution in [-0.2, 0) is 0 Å². The van der Waals surface area contributed by atoms with Gasteiger partial charge in [-0.3, -0.25) is 10.1 Å². The van der Waals surface area contributed by atoms with Crippen molar-refractivity contribution in [1.82, 2.24) is 0 Å². The van der Waals surface area contributed by atoms with Gasteiger partial charge in [0.2, 0.25) is 0 Å². The molecule has 0 spiro atoms. The lowest BCUT2D eigenvalue weighted by Gasteiger charge is -2.19. The van der Waals surface area contributed by atoms with Gasteiger partial charge in [-0.2, -0.15) is 0 Å². The molecule has 1 fully saturated rings. The van der Waals surface area contributed by atoms with E-state index in [-0.39, 0.29) is 16.7 Å². The Morgan fingerprint density at radius 3 is 2.78 bits per heavy atom. The fraction of sp³-hybridized carbons (Fsp3) is 0.500. The molecule has 1 aliphatic carbocycles. The third-order valence-corrected chi connectivity index (χ3v) is 3.92. The number of rotatable bonds is 5. The first-order chi connectivity index (χ1) is 8.52. The Kier molecular flexibility index (Phi) is 3.87. The molecule has 1 saturated carbocycles. The zero-order chi connectivity index (χ0) is 13.3. The highest BCUT2D eigenvalue weighted by atomic mass is 79.9. The van der Waals surface area contributed by atoms with Gasteiger partial charge < -0.3 is 11.1 Å². The van der Waals surface area contributed by atoms with E-state index in [0.717, 1.165) is 5.69 Å². The third-order valence-electron chi connectivity index (χ3n) is 3.27. The van der Waals surface area contributed by atoms with Crippen molar-refractivity contribution in [3.05, 3.63) is 32.3 Å². The SMILES string of the molecule is Cc1cc(NC(CN)C2CC2)c(Br)cc1[N+](=O)[O-]. The molecule has 1 unspecified atom stereocenters. The zero-order valence-electron chi connectivity index (χ0n) is 10.1. The number of nitrogens with two attached hydrogens (primary N) is 1. The van der Waals surface area contributed by atoms with Crippen molar-refractivity contribution >= 4 is 27.3 Å². The van der Waals surface area contributed by atoms with Crippen molar-refractivity contribution in [3.63, 3.8) is 0 Å². The number of aryl methyl sites for hydroxylation is 1. The van der Waals surface area contributed by atoms with Crippen molar-refractivity contribution in [3.8, 4) is 0 Å². The van der Waals surface area contributed by atoms with Crippen molar-refractivity contribution in [1.29, 1.82) is 0 Å². The van der Waals surface area contributed by atoms with Crippen LogP contribution >= 0.6 is 15.9 Å². The summed E-state index contributed by atoms with van der Waals surface area (Å²) in [6, 6.07) is 3.59. The molecule has 1 atom stereocenters. The van der Waals surface area contributed by atoms with E-state index < -0.39 is 0 Å². The second-order valence-corrected chi connectivity index (χ2v) is 5.55. The molecule has 0 aliphatic heterocycles. The highest BCUT2D eigenvalue weighted by Gasteiger charge is 2.30. The van der Waals surface area contributed by atoms with Crippen LogP contribution in [0.1, 0.15) is 18.4 Å². The number of anilines is 1. The van der Waals surface area contributed by atoms with Gasteiger partial charge in [0.1, 0.15) is 0 Å². The van der Waals surface area contributed by atoms with Crippen molar-refractivity contribution < 1.29 is 4.92 Å². The van der Waals surface area contributed by atoms with Crippen LogP contribution in [-0.4, -0.2) is 17.5 Å². The number of nitro groups is 1. The summed E-state index contributed by atoms with van der Waals surface area (Å²) in [5, 5.41) is 14.2. The predicted octanol–water partition coefficient (Wildman–Crippen LogP) is 2.81. The molecular formula is C12H16BrN3O2. The molecule has 5 nitrogen and oxygen atoms in total. The molecule has 6 heteroatoms. The summed E-state index contributed by atoms with van der Waals surface area (Å²) in [5.41, 5.74) is 7.40. The lowest BCUT2D eigenvalue weighted by molar-refractivity contribution is -0.385. The van der Waals surface area contributed by atoms with Crippen molar-refractivity contribution in [2.75, 3.05) is 11.9 Å². The Morgan fingerprint density at radius 1 is 1.61 bits per heavy atom. The van der Waals surface area contributed by atoms with E-state index >= 15 is 0 Å². The van der Waals surface area contributed by atoms with Crippen LogP contribution in [0.25, 0.3) is 0 Å². The molecule has 0 saturated heterocycles. The normalized spacial score (nSPS) is 16.4. The molecule has 0 aromatic heterocycles. The average molecular weight is 314 g/mol. The third kappa shape index (κ3) is 2.81. The van der Waals surface area contributed by atoms with Crippen LogP contribution in [0.4, 0.5) is 11.4 Å². The van der Waals surface area contributed by atoms with Gasteiger partial charge in [-0.25, -0.2) is 0 Å². The van der Waals surface area contributed by atoms with Crippen LogP contribution in [0.15, 0.2) is 16.6 Å². The summed E-state index contributed by atoms with van der Waals surface area (Å²) >= 11 is 3.37. The predicted molar refractivity (Wildman–Crippen MR) is 74.7 cm³/mol. The Morgan fingerprint density at radius 2 is 2.28 bits per heavy atom. The number of nitrogens with one attached hydrogen (secondary N) is 1. The van der Waals surface area contributed by atoms with Gasteiger partial charge in [-0.1, -0.05) is 0 Å². The minimum atomic E-state index is -0.370. The molecule has 0 bridgehead atoms. The van der Waals surface area contributed by atoms with E-state index in [1.807, 2.05) is 0 Å². The summed E-state index contributed by atoms with van der Waals surface area (Å²) in [4.78, 5) is 10.5. The smallest absolute Gasteiger partial charge is 0.273 e. The van der Waals surface area contributed by atoms with E-state index in [1.165, 1.54) is 18.9 Å². The number of hydrogen-bond donors (Lipinski definition) is 2. The van der Waals surface area contributed by atoms with Crippen molar-refractivity contribution in [2.24, 2.45) is 11.7 Å². The van der Waals surface area contributed by atoms with Crippen LogP contribution in [0.3, 0.4) is 0 Å². The quantitative estimate of drug-likeness (QED) is 0.647. The number of hydrogen-bond acceptors (Lipinski definition) is 4. The Balaban J connectivity index is 2.22. The van der Waals surface area contributed by atoms with Gasteiger partial charge in [-0.05, 0) is 47.7 Å². The first-order valence-electron chi connectivity index (χ1n) is 5.94. The summed E-state index contributed by atoms with van der Waals surface area (Å²) < 4.78 is 0.707. The lowest BCUT2D eigenvalue weighted by Crippen LogP contribution is -2.31. The number of nitrogens with zero attached hydrogens (tertiary/aromatic N) is 1. The minimum Gasteiger partial charge on any atom is -0.380 e. The maximum atomic E-state index is 10.8. The fourth-order valence-electron chi connectivity index (χ4n) is 2.05. The molecule has 1 aromatic carbocycles. The van der Waals surface area contributed by atoms with Gasteiger partial charge >= 0.3 is 0 Å². The summed E-state index contributed by atoms with van der Waals surface area (Å²) in [6.07, 6.45) is 2.41. The Labute approximate surface area is 114 Å². The molecule has 0 radical (unpaired) electrons. The first-order valence-corrected chi connectivity index (χ1v) is 6.73. The van der Waals surface area contributed by atoms with E-state index in [4.69, 9.17) is 5.73 Å². The van der Waals surface area contributed by atoms with Gasteiger partial charge in [0.25, 0.3) is 5.69 Å². The van der Waals surface area contributed by atoms with Gasteiger partial charge in [0, 0.05) is 34.4 Å². The number of nitro benzene ring substituents is 1. The largest absolute Gasteiger partial charge is 0.380 e. The summed E-state index contributed by atoms with van der Waals surface area (Å²) in [7, 11) is 0. The maximum absolute atomic E-state index is 10.8. The Hall–Kier alpha value is -1.14. The number of benzene rings is 1. The topological polar surface area (TPSA) is 81.2 Å². The second-order valence-electron chi connectivity index (χ2n) is 4.70. The standard InChI is InChI=1S/C12H16BrN3O2/c1-7-4-10(9(13)5-12(7)16(17)18)15-11(6-14)8-2-3-8/h4-5,8,11,15H,2-3,6,14H2,1H3. The van der Waals surface area contributed by atoms with Crippen LogP contribution in [0, 0.1) is 23.0 Å². The molecule has 2 rings (SSSR count). The molecular weight excluding hydrogens is 298 g/mol. The molecule has 0 heterocycles. The van der Waals surface area contributed by atoms with E-state index in [2.05, 4.69) is 21.2 Å². The van der Waals surface area contributed by atoms with E-state index in [9.17, 15) is 10.1 Å². The number of halogens is 1. The molecule has 0 amide bonds. The molecule has 1 aromatic rings. The summed E-state index contributed by atoms with van der Waals surface area (Å²) in [5.74, 6) is 0.636. The molecule has 98 valence electrons. The van der Waals surface area contributed by atoms with Gasteiger partial charge in [-0.15, -0.1) is 0 Å². The molecule has 18 heavy (non-hydrogen) atoms. The fourth-order valence-corrected chi connectivity index (χ4v) is 2.49. The summed E-state index contributed by atoms with van der Waals surface area (Å²) in [6.45, 7) is 2.32. The minimum absolute atomic E-state index is 0.128. The van der Waals surface area contributed by atoms with Crippen molar-refractivity contribution in [2.45, 2.75) is 25.8 Å². The highest BCUT2D eigenvalue weighted by Crippen LogP contribution is 2.36. The first kappa shape index (κ1) is 13.3. The highest BCUT2D eigenvalue weighted by molar-refractivity contribution is 9.10. The monoisotopic (exact) mass is 313 g/mol. The lowest BCUT2D eigenvalue weighted by atomic mass is 10.1. The average Bonchev–Trinajstić information content (AvgIpc) is 3.13. The van der Waals surface area contributed by atoms with Gasteiger partial charge in [0.15, 0.2) is 0 Å².